The molecular formula is C49H66F2N4O5. The molecule has 1 fully saturated rings. The number of nitrogens with one attached hydrogen (secondary N) is 3. The first-order valence-electron chi connectivity index (χ1n) is 20.3. The number of ether oxygens (including phenoxy) is 2. The fraction of sp³-hybridized carbons (Fsp3) is 0.408. The van der Waals surface area contributed by atoms with E-state index in [-0.39, 0.29) is 24.2 Å². The molecule has 60 heavy (non-hydrogen) atoms. The van der Waals surface area contributed by atoms with E-state index in [1.54, 1.807) is 53.7 Å². The second-order valence-corrected chi connectivity index (χ2v) is 16.3. The molecule has 0 radical (unpaired) electrons. The highest BCUT2D eigenvalue weighted by Gasteiger charge is 2.33. The maximum atomic E-state index is 13.1. The molecule has 2 atom stereocenters. The van der Waals surface area contributed by atoms with Gasteiger partial charge in [-0.05, 0) is 140 Å². The van der Waals surface area contributed by atoms with Crippen molar-refractivity contribution in [3.8, 4) is 0 Å². The van der Waals surface area contributed by atoms with Gasteiger partial charge in [-0.3, -0.25) is 4.79 Å². The van der Waals surface area contributed by atoms with Crippen molar-refractivity contribution in [2.24, 2.45) is 5.92 Å². The molecule has 0 aromatic heterocycles. The third kappa shape index (κ3) is 19.1. The van der Waals surface area contributed by atoms with Crippen LogP contribution < -0.4 is 16.0 Å². The fourth-order valence-electron chi connectivity index (χ4n) is 5.82. The van der Waals surface area contributed by atoms with Gasteiger partial charge in [-0.2, -0.15) is 0 Å². The second-order valence-electron chi connectivity index (χ2n) is 16.3. The van der Waals surface area contributed by atoms with E-state index in [0.29, 0.717) is 18.2 Å². The Kier molecular flexibility index (Phi) is 21.4. The summed E-state index contributed by atoms with van der Waals surface area (Å²) >= 11 is 0. The number of rotatable bonds is 15. The summed E-state index contributed by atoms with van der Waals surface area (Å²) in [5.41, 5.74) is 3.64. The lowest BCUT2D eigenvalue weighted by atomic mass is 9.86. The van der Waals surface area contributed by atoms with Crippen LogP contribution in [-0.4, -0.2) is 67.1 Å². The van der Waals surface area contributed by atoms with E-state index in [1.807, 2.05) is 74.5 Å². The second kappa shape index (κ2) is 25.3. The van der Waals surface area contributed by atoms with Gasteiger partial charge in [0.2, 0.25) is 5.91 Å². The molecule has 3 aromatic carbocycles. The zero-order valence-electron chi connectivity index (χ0n) is 36.9. The van der Waals surface area contributed by atoms with E-state index in [0.717, 1.165) is 60.2 Å². The standard InChI is InChI=1S/C26H39N3O4.C14H18FN.C9H9FO/c1-9-14-21(10-2)27-19(3)22(18-32-17-20-15-12-11-13-16-20)28-23(30)26(7,8)29-24(31)33-25(4,5)6;1-11(12-3-5-14(15)6-4-12)13-7-9-16(2)10-8-13;1-7(6-11)8-2-4-9(10)5-3-8/h9-16,22,27H,3,17-18H2,1-2,4-8H3,(H,28,30)(H,29,31);3-6,13H,1,7-10H2,2H3;2-7H,1H3/b14-9-,21-10+;;. The van der Waals surface area contributed by atoms with E-state index in [1.165, 1.54) is 24.3 Å². The fourth-order valence-corrected chi connectivity index (χ4v) is 5.82. The van der Waals surface area contributed by atoms with Crippen LogP contribution in [0.15, 0.2) is 122 Å². The van der Waals surface area contributed by atoms with Gasteiger partial charge in [0, 0.05) is 17.3 Å². The van der Waals surface area contributed by atoms with Crippen molar-refractivity contribution < 1.29 is 32.6 Å². The number of likely N-dealkylation sites (tertiary alicyclic amines) is 1. The number of benzene rings is 3. The average molecular weight is 829 g/mol. The number of allylic oxidation sites excluding steroid dienone is 4. The first-order chi connectivity index (χ1) is 28.3. The number of carbonyl (C=O) groups excluding carboxylic acids is 3. The minimum Gasteiger partial charge on any atom is -0.444 e. The number of alkyl carbamates (subject to hydrolysis) is 1. The minimum atomic E-state index is -1.22. The Morgan fingerprint density at radius 1 is 0.900 bits per heavy atom. The maximum Gasteiger partial charge on any atom is 0.408 e. The molecule has 1 heterocycles. The van der Waals surface area contributed by atoms with Crippen LogP contribution in [0.5, 0.6) is 0 Å². The van der Waals surface area contributed by atoms with Gasteiger partial charge in [-0.1, -0.05) is 86.8 Å². The molecule has 2 unspecified atom stereocenters. The Hall–Kier alpha value is -5.39. The number of hydrogen-bond donors (Lipinski definition) is 3. The van der Waals surface area contributed by atoms with Crippen molar-refractivity contribution in [1.29, 1.82) is 0 Å². The normalized spacial score (nSPS) is 14.6. The van der Waals surface area contributed by atoms with E-state index < -0.39 is 29.2 Å². The number of amides is 2. The van der Waals surface area contributed by atoms with Crippen LogP contribution in [0.3, 0.4) is 0 Å². The largest absolute Gasteiger partial charge is 0.444 e. The maximum absolute atomic E-state index is 13.1. The molecule has 326 valence electrons. The summed E-state index contributed by atoms with van der Waals surface area (Å²) in [6, 6.07) is 21.9. The summed E-state index contributed by atoms with van der Waals surface area (Å²) in [4.78, 5) is 37.9. The molecule has 0 saturated carbocycles. The summed E-state index contributed by atoms with van der Waals surface area (Å²) in [5.74, 6) is -0.429. The summed E-state index contributed by atoms with van der Waals surface area (Å²) in [6.07, 6.45) is 8.21. The van der Waals surface area contributed by atoms with Crippen LogP contribution in [0.1, 0.15) is 90.8 Å². The van der Waals surface area contributed by atoms with Gasteiger partial charge < -0.3 is 35.1 Å². The van der Waals surface area contributed by atoms with Crippen LogP contribution in [0.25, 0.3) is 5.57 Å². The molecule has 0 spiro atoms. The molecule has 1 saturated heterocycles. The van der Waals surface area contributed by atoms with E-state index in [9.17, 15) is 23.2 Å². The smallest absolute Gasteiger partial charge is 0.408 e. The predicted molar refractivity (Wildman–Crippen MR) is 239 cm³/mol. The van der Waals surface area contributed by atoms with Crippen LogP contribution in [0.4, 0.5) is 13.6 Å². The molecule has 0 bridgehead atoms. The van der Waals surface area contributed by atoms with Gasteiger partial charge in [0.25, 0.3) is 0 Å². The first kappa shape index (κ1) is 50.8. The van der Waals surface area contributed by atoms with Gasteiger partial charge in [-0.25, -0.2) is 13.6 Å². The van der Waals surface area contributed by atoms with Crippen LogP contribution in [0.2, 0.25) is 0 Å². The SMILES string of the molecule is C=C(NC(/C=C\C)=C/C)C(COCc1ccccc1)NC(=O)C(C)(C)NC(=O)OC(C)(C)C.C=C(c1ccc(F)cc1)C1CCN(C)CC1.CC(C=O)c1ccc(F)cc1. The number of hydrogen-bond acceptors (Lipinski definition) is 7. The highest BCUT2D eigenvalue weighted by molar-refractivity contribution is 5.89. The summed E-state index contributed by atoms with van der Waals surface area (Å²) in [7, 11) is 2.15. The average Bonchev–Trinajstić information content (AvgIpc) is 3.20. The Bertz CT molecular complexity index is 1860. The highest BCUT2D eigenvalue weighted by Crippen LogP contribution is 2.30. The lowest BCUT2D eigenvalue weighted by Crippen LogP contribution is -2.58. The van der Waals surface area contributed by atoms with Crippen molar-refractivity contribution >= 4 is 23.9 Å². The zero-order chi connectivity index (χ0) is 44.9. The molecule has 9 nitrogen and oxygen atoms in total. The van der Waals surface area contributed by atoms with Gasteiger partial charge >= 0.3 is 6.09 Å². The Labute approximate surface area is 357 Å². The van der Waals surface area contributed by atoms with Gasteiger partial charge in [0.15, 0.2) is 0 Å². The van der Waals surface area contributed by atoms with Crippen molar-refractivity contribution in [3.05, 3.63) is 150 Å². The number of aldehydes is 1. The summed E-state index contributed by atoms with van der Waals surface area (Å²) < 4.78 is 36.3. The van der Waals surface area contributed by atoms with Crippen molar-refractivity contribution in [3.63, 3.8) is 0 Å². The molecule has 1 aliphatic rings. The van der Waals surface area contributed by atoms with E-state index >= 15 is 0 Å². The van der Waals surface area contributed by atoms with Gasteiger partial charge in [-0.15, -0.1) is 0 Å². The molecule has 11 heteroatoms. The summed E-state index contributed by atoms with van der Waals surface area (Å²) in [5, 5.41) is 8.78. The third-order valence-electron chi connectivity index (χ3n) is 9.49. The molecular weight excluding hydrogens is 763 g/mol. The molecule has 3 aromatic rings. The molecule has 1 aliphatic heterocycles. The Morgan fingerprint density at radius 3 is 1.98 bits per heavy atom. The third-order valence-corrected chi connectivity index (χ3v) is 9.49. The predicted octanol–water partition coefficient (Wildman–Crippen LogP) is 9.88. The highest BCUT2D eigenvalue weighted by atomic mass is 19.1. The Morgan fingerprint density at radius 2 is 1.47 bits per heavy atom. The topological polar surface area (TPSA) is 109 Å². The first-order valence-corrected chi connectivity index (χ1v) is 20.3. The van der Waals surface area contributed by atoms with Crippen LogP contribution >= 0.6 is 0 Å². The van der Waals surface area contributed by atoms with Crippen molar-refractivity contribution in [2.75, 3.05) is 26.7 Å². The van der Waals surface area contributed by atoms with Gasteiger partial charge in [0.1, 0.15) is 29.1 Å². The molecule has 2 amide bonds. The Balaban J connectivity index is 0.000000373. The molecule has 0 aliphatic carbocycles. The number of halogens is 2. The van der Waals surface area contributed by atoms with Crippen molar-refractivity contribution in [2.45, 2.75) is 97.9 Å². The number of carbonyl (C=O) groups is 3. The molecule has 3 N–H and O–H groups in total. The van der Waals surface area contributed by atoms with E-state index in [4.69, 9.17) is 9.47 Å². The van der Waals surface area contributed by atoms with Crippen LogP contribution in [-0.2, 0) is 25.7 Å². The lowest BCUT2D eigenvalue weighted by molar-refractivity contribution is -0.127. The van der Waals surface area contributed by atoms with Crippen molar-refractivity contribution in [1.82, 2.24) is 20.9 Å². The van der Waals surface area contributed by atoms with E-state index in [2.05, 4.69) is 41.1 Å². The zero-order valence-corrected chi connectivity index (χ0v) is 36.9. The molecule has 4 rings (SSSR count). The quantitative estimate of drug-likeness (QED) is 0.103. The van der Waals surface area contributed by atoms with Crippen LogP contribution in [0, 0.1) is 17.6 Å². The number of nitrogens with zero attached hydrogens (tertiary/aromatic N) is 1. The lowest BCUT2D eigenvalue weighted by Gasteiger charge is -2.30. The monoisotopic (exact) mass is 829 g/mol. The van der Waals surface area contributed by atoms with Gasteiger partial charge in [0.05, 0.1) is 19.3 Å². The summed E-state index contributed by atoms with van der Waals surface area (Å²) in [6.45, 7) is 25.2. The number of piperidine rings is 1. The minimum absolute atomic E-state index is 0.143.